The number of amidine groups is 1. The maximum atomic E-state index is 13.4. The van der Waals surface area contributed by atoms with Crippen LogP contribution in [0.2, 0.25) is 0 Å². The molecule has 0 unspecified atom stereocenters. The number of aliphatic imine (C=N–C) groups is 1. The molecule has 0 bridgehead atoms. The summed E-state index contributed by atoms with van der Waals surface area (Å²) in [6, 6.07) is 6.63. The molecule has 0 saturated carbocycles. The molecule has 1 aliphatic rings. The number of nitrogens with zero attached hydrogens (tertiary/aromatic N) is 2. The molecule has 0 amide bonds. The largest absolute Gasteiger partial charge is 0.265 e. The zero-order valence-corrected chi connectivity index (χ0v) is 9.01. The van der Waals surface area contributed by atoms with Crippen molar-refractivity contribution in [1.29, 1.82) is 0 Å². The van der Waals surface area contributed by atoms with Gasteiger partial charge in [-0.2, -0.15) is 5.10 Å². The fraction of sp³-hybridized carbons (Fsp3) is 0.200. The summed E-state index contributed by atoms with van der Waals surface area (Å²) in [6.07, 6.45) is 0. The molecule has 5 heteroatoms. The normalized spacial score (nSPS) is 18.5. The second-order valence-corrected chi connectivity index (χ2v) is 3.93. The van der Waals surface area contributed by atoms with Gasteiger partial charge in [0.2, 0.25) is 0 Å². The van der Waals surface area contributed by atoms with Crippen LogP contribution >= 0.6 is 11.8 Å². The zero-order valence-electron chi connectivity index (χ0n) is 8.20. The summed E-state index contributed by atoms with van der Waals surface area (Å²) in [5, 5.41) is 4.85. The minimum absolute atomic E-state index is 0.240. The molecule has 3 nitrogen and oxygen atoms in total. The fourth-order valence-corrected chi connectivity index (χ4v) is 2.00. The summed E-state index contributed by atoms with van der Waals surface area (Å²) in [5.41, 5.74) is 4.04. The summed E-state index contributed by atoms with van der Waals surface area (Å²) in [7, 11) is 1.69. The van der Waals surface area contributed by atoms with E-state index in [9.17, 15) is 4.39 Å². The molecule has 0 saturated heterocycles. The van der Waals surface area contributed by atoms with Crippen molar-refractivity contribution in [3.63, 3.8) is 0 Å². The Kier molecular flexibility index (Phi) is 3.01. The Bertz CT molecular complexity index is 428. The second-order valence-electron chi connectivity index (χ2n) is 2.97. The average molecular weight is 223 g/mol. The Balaban J connectivity index is 2.27. The first-order chi connectivity index (χ1) is 7.31. The molecule has 15 heavy (non-hydrogen) atoms. The van der Waals surface area contributed by atoms with E-state index in [0.29, 0.717) is 17.0 Å². The number of benzene rings is 1. The smallest absolute Gasteiger partial charge is 0.177 e. The minimum Gasteiger partial charge on any atom is -0.265 e. The lowest BCUT2D eigenvalue weighted by molar-refractivity contribution is 0.625. The van der Waals surface area contributed by atoms with E-state index >= 15 is 0 Å². The average Bonchev–Trinajstić information content (AvgIpc) is 2.30. The summed E-state index contributed by atoms with van der Waals surface area (Å²) in [4.78, 5) is 3.97. The quantitative estimate of drug-likeness (QED) is 0.789. The Labute approximate surface area is 91.5 Å². The van der Waals surface area contributed by atoms with E-state index in [2.05, 4.69) is 15.5 Å². The summed E-state index contributed by atoms with van der Waals surface area (Å²) >= 11 is 1.52. The van der Waals surface area contributed by atoms with Crippen LogP contribution in [0.1, 0.15) is 5.56 Å². The van der Waals surface area contributed by atoms with Crippen LogP contribution < -0.4 is 5.43 Å². The highest BCUT2D eigenvalue weighted by atomic mass is 32.2. The van der Waals surface area contributed by atoms with Crippen LogP contribution in [-0.4, -0.2) is 23.7 Å². The van der Waals surface area contributed by atoms with E-state index < -0.39 is 0 Å². The summed E-state index contributed by atoms with van der Waals surface area (Å²) in [5.74, 6) is 0.399. The van der Waals surface area contributed by atoms with Gasteiger partial charge in [-0.1, -0.05) is 30.0 Å². The van der Waals surface area contributed by atoms with Gasteiger partial charge >= 0.3 is 0 Å². The SMILES string of the molecule is CN=C1NN=C(c2ccccc2F)CS1. The number of thioether (sulfide) groups is 1. The molecule has 2 rings (SSSR count). The molecule has 0 radical (unpaired) electrons. The lowest BCUT2D eigenvalue weighted by atomic mass is 10.1. The van der Waals surface area contributed by atoms with E-state index in [-0.39, 0.29) is 5.82 Å². The van der Waals surface area contributed by atoms with Crippen molar-refractivity contribution in [3.05, 3.63) is 35.6 Å². The van der Waals surface area contributed by atoms with Crippen LogP contribution in [0, 0.1) is 5.82 Å². The van der Waals surface area contributed by atoms with Crippen molar-refractivity contribution >= 4 is 22.6 Å². The number of rotatable bonds is 1. The van der Waals surface area contributed by atoms with Gasteiger partial charge in [0, 0.05) is 18.4 Å². The van der Waals surface area contributed by atoms with E-state index in [1.165, 1.54) is 17.8 Å². The lowest BCUT2D eigenvalue weighted by Crippen LogP contribution is -2.25. The van der Waals surface area contributed by atoms with E-state index in [4.69, 9.17) is 0 Å². The monoisotopic (exact) mass is 223 g/mol. The van der Waals surface area contributed by atoms with Crippen molar-refractivity contribution in [3.8, 4) is 0 Å². The van der Waals surface area contributed by atoms with Crippen LogP contribution in [0.3, 0.4) is 0 Å². The van der Waals surface area contributed by atoms with Crippen LogP contribution in [-0.2, 0) is 0 Å². The van der Waals surface area contributed by atoms with Gasteiger partial charge in [0.15, 0.2) is 5.17 Å². The van der Waals surface area contributed by atoms with Gasteiger partial charge in [-0.15, -0.1) is 0 Å². The predicted molar refractivity (Wildman–Crippen MR) is 61.9 cm³/mol. The molecule has 0 atom stereocenters. The molecule has 1 N–H and O–H groups in total. The van der Waals surface area contributed by atoms with Gasteiger partial charge in [-0.25, -0.2) is 4.39 Å². The molecule has 78 valence electrons. The van der Waals surface area contributed by atoms with Gasteiger partial charge in [0.1, 0.15) is 5.82 Å². The third kappa shape index (κ3) is 2.18. The molecular weight excluding hydrogens is 213 g/mol. The summed E-state index contributed by atoms with van der Waals surface area (Å²) in [6.45, 7) is 0. The van der Waals surface area contributed by atoms with Crippen LogP contribution in [0.25, 0.3) is 0 Å². The Morgan fingerprint density at radius 3 is 2.87 bits per heavy atom. The lowest BCUT2D eigenvalue weighted by Gasteiger charge is -2.14. The minimum atomic E-state index is -0.240. The maximum Gasteiger partial charge on any atom is 0.177 e. The van der Waals surface area contributed by atoms with E-state index in [1.807, 2.05) is 0 Å². The molecule has 1 aliphatic heterocycles. The van der Waals surface area contributed by atoms with Gasteiger partial charge in [0.05, 0.1) is 5.71 Å². The Morgan fingerprint density at radius 2 is 2.27 bits per heavy atom. The molecular formula is C10H10FN3S. The standard InChI is InChI=1S/C10H10FN3S/c1-12-10-14-13-9(6-15-10)7-4-2-3-5-8(7)11/h2-5H,6H2,1H3,(H,12,14). The number of nitrogens with one attached hydrogen (secondary N) is 1. The van der Waals surface area contributed by atoms with Gasteiger partial charge < -0.3 is 0 Å². The highest BCUT2D eigenvalue weighted by Gasteiger charge is 2.14. The number of halogens is 1. The first kappa shape index (κ1) is 10.2. The van der Waals surface area contributed by atoms with Crippen molar-refractivity contribution in [2.75, 3.05) is 12.8 Å². The van der Waals surface area contributed by atoms with Crippen LogP contribution in [0.4, 0.5) is 4.39 Å². The third-order valence-electron chi connectivity index (χ3n) is 2.02. The molecule has 0 fully saturated rings. The third-order valence-corrected chi connectivity index (χ3v) is 2.99. The molecule has 0 aromatic heterocycles. The number of hydrogen-bond acceptors (Lipinski definition) is 3. The highest BCUT2D eigenvalue weighted by Crippen LogP contribution is 2.15. The van der Waals surface area contributed by atoms with Crippen molar-refractivity contribution in [2.45, 2.75) is 0 Å². The van der Waals surface area contributed by atoms with Gasteiger partial charge in [-0.3, -0.25) is 10.4 Å². The Morgan fingerprint density at radius 1 is 1.47 bits per heavy atom. The number of hydrazone groups is 1. The molecule has 1 heterocycles. The number of hydrogen-bond donors (Lipinski definition) is 1. The first-order valence-electron chi connectivity index (χ1n) is 4.48. The first-order valence-corrected chi connectivity index (χ1v) is 5.47. The topological polar surface area (TPSA) is 36.8 Å². The van der Waals surface area contributed by atoms with Crippen molar-refractivity contribution in [1.82, 2.24) is 5.43 Å². The zero-order chi connectivity index (χ0) is 10.7. The van der Waals surface area contributed by atoms with E-state index in [0.717, 1.165) is 5.17 Å². The Hall–Kier alpha value is -1.36. The highest BCUT2D eigenvalue weighted by molar-refractivity contribution is 8.14. The van der Waals surface area contributed by atoms with Crippen molar-refractivity contribution in [2.24, 2.45) is 10.1 Å². The van der Waals surface area contributed by atoms with Crippen LogP contribution in [0.5, 0.6) is 0 Å². The van der Waals surface area contributed by atoms with Gasteiger partial charge in [0.25, 0.3) is 0 Å². The maximum absolute atomic E-state index is 13.4. The van der Waals surface area contributed by atoms with Gasteiger partial charge in [-0.05, 0) is 6.07 Å². The van der Waals surface area contributed by atoms with E-state index in [1.54, 1.807) is 25.2 Å². The molecule has 0 spiro atoms. The van der Waals surface area contributed by atoms with Crippen molar-refractivity contribution < 1.29 is 4.39 Å². The molecule has 1 aromatic rings. The molecule has 1 aromatic carbocycles. The van der Waals surface area contributed by atoms with Crippen LogP contribution in [0.15, 0.2) is 34.4 Å². The fourth-order valence-electron chi connectivity index (χ4n) is 1.26. The molecule has 0 aliphatic carbocycles. The summed E-state index contributed by atoms with van der Waals surface area (Å²) < 4.78 is 13.4. The predicted octanol–water partition coefficient (Wildman–Crippen LogP) is 1.85. The second kappa shape index (κ2) is 4.44.